The fourth-order valence-corrected chi connectivity index (χ4v) is 2.59. The molecule has 0 aliphatic carbocycles. The van der Waals surface area contributed by atoms with Crippen LogP contribution in [0.3, 0.4) is 0 Å². The van der Waals surface area contributed by atoms with Crippen LogP contribution >= 0.6 is 0 Å². The summed E-state index contributed by atoms with van der Waals surface area (Å²) in [5.74, 6) is 0.745. The van der Waals surface area contributed by atoms with E-state index in [2.05, 4.69) is 27.5 Å². The first-order chi connectivity index (χ1) is 12.9. The van der Waals surface area contributed by atoms with Gasteiger partial charge in [-0.1, -0.05) is 12.1 Å². The summed E-state index contributed by atoms with van der Waals surface area (Å²) in [5, 5.41) is 6.00. The van der Waals surface area contributed by atoms with Crippen molar-refractivity contribution in [2.24, 2.45) is 0 Å². The van der Waals surface area contributed by atoms with Gasteiger partial charge in [-0.15, -0.1) is 0 Å². The Bertz CT molecular complexity index is 986. The molecule has 2 N–H and O–H groups in total. The van der Waals surface area contributed by atoms with Gasteiger partial charge in [0.25, 0.3) is 5.91 Å². The van der Waals surface area contributed by atoms with E-state index < -0.39 is 0 Å². The van der Waals surface area contributed by atoms with Gasteiger partial charge in [-0.3, -0.25) is 4.79 Å². The zero-order valence-corrected chi connectivity index (χ0v) is 15.8. The largest absolute Gasteiger partial charge is 0.497 e. The minimum absolute atomic E-state index is 0.289. The number of carbonyl (C=O) groups is 1. The smallest absolute Gasteiger partial charge is 0.274 e. The molecule has 0 spiro atoms. The molecule has 0 radical (unpaired) electrons. The van der Waals surface area contributed by atoms with E-state index in [1.807, 2.05) is 44.2 Å². The van der Waals surface area contributed by atoms with Crippen molar-refractivity contribution in [3.8, 4) is 5.75 Å². The molecule has 1 amide bonds. The summed E-state index contributed by atoms with van der Waals surface area (Å²) in [5.41, 5.74) is 4.89. The van der Waals surface area contributed by atoms with Gasteiger partial charge in [-0.25, -0.2) is 9.97 Å². The Kier molecular flexibility index (Phi) is 5.35. The number of nitrogens with one attached hydrogen (secondary N) is 2. The van der Waals surface area contributed by atoms with Crippen molar-refractivity contribution in [2.45, 2.75) is 20.8 Å². The van der Waals surface area contributed by atoms with Crippen molar-refractivity contribution in [3.63, 3.8) is 0 Å². The van der Waals surface area contributed by atoms with Gasteiger partial charge in [0.1, 0.15) is 11.4 Å². The molecule has 6 nitrogen and oxygen atoms in total. The number of nitrogens with zero attached hydrogens (tertiary/aromatic N) is 2. The predicted molar refractivity (Wildman–Crippen MR) is 107 cm³/mol. The van der Waals surface area contributed by atoms with Gasteiger partial charge in [0.05, 0.1) is 7.11 Å². The number of methoxy groups -OCH3 is 1. The third kappa shape index (κ3) is 4.61. The molecule has 6 heteroatoms. The number of carbonyl (C=O) groups excluding carboxylic acids is 1. The molecule has 0 saturated carbocycles. The van der Waals surface area contributed by atoms with Crippen molar-refractivity contribution in [2.75, 3.05) is 17.7 Å². The lowest BCUT2D eigenvalue weighted by atomic mass is 10.1. The normalized spacial score (nSPS) is 10.4. The zero-order chi connectivity index (χ0) is 19.4. The molecule has 0 saturated heterocycles. The van der Waals surface area contributed by atoms with E-state index in [4.69, 9.17) is 4.74 Å². The average Bonchev–Trinajstić information content (AvgIpc) is 2.64. The molecule has 27 heavy (non-hydrogen) atoms. The maximum atomic E-state index is 12.6. The molecule has 3 aromatic rings. The third-order valence-electron chi connectivity index (χ3n) is 4.18. The lowest BCUT2D eigenvalue weighted by Crippen LogP contribution is -2.15. The molecule has 0 fully saturated rings. The van der Waals surface area contributed by atoms with E-state index in [0.29, 0.717) is 23.1 Å². The number of hydrogen-bond donors (Lipinski definition) is 2. The van der Waals surface area contributed by atoms with Gasteiger partial charge >= 0.3 is 0 Å². The van der Waals surface area contributed by atoms with Gasteiger partial charge < -0.3 is 15.4 Å². The van der Waals surface area contributed by atoms with E-state index in [-0.39, 0.29) is 11.6 Å². The standard InChI is InChI=1S/C21H22N4O2/c1-13-8-9-17(10-14(13)2)24-21-22-15(3)11-19(25-21)20(26)23-16-6-5-7-18(12-16)27-4/h5-12H,1-4H3,(H,23,26)(H,22,24,25). The number of ether oxygens (including phenoxy) is 1. The Morgan fingerprint density at radius 2 is 1.74 bits per heavy atom. The van der Waals surface area contributed by atoms with Crippen molar-refractivity contribution >= 4 is 23.2 Å². The number of amides is 1. The van der Waals surface area contributed by atoms with Crippen LogP contribution in [0, 0.1) is 20.8 Å². The first-order valence-electron chi connectivity index (χ1n) is 8.60. The number of benzene rings is 2. The van der Waals surface area contributed by atoms with E-state index in [1.54, 1.807) is 25.3 Å². The number of rotatable bonds is 5. The van der Waals surface area contributed by atoms with Gasteiger partial charge in [-0.2, -0.15) is 0 Å². The molecule has 2 aromatic carbocycles. The summed E-state index contributed by atoms with van der Waals surface area (Å²) < 4.78 is 5.18. The molecule has 1 heterocycles. The Balaban J connectivity index is 1.81. The summed E-state index contributed by atoms with van der Waals surface area (Å²) in [7, 11) is 1.58. The summed E-state index contributed by atoms with van der Waals surface area (Å²) in [4.78, 5) is 21.3. The van der Waals surface area contributed by atoms with Crippen LogP contribution in [0.1, 0.15) is 27.3 Å². The number of aryl methyl sites for hydroxylation is 3. The fraction of sp³-hybridized carbons (Fsp3) is 0.190. The molecule has 0 aliphatic rings. The van der Waals surface area contributed by atoms with Crippen LogP contribution in [0.4, 0.5) is 17.3 Å². The Labute approximate surface area is 158 Å². The van der Waals surface area contributed by atoms with Crippen LogP contribution in [0.15, 0.2) is 48.5 Å². The van der Waals surface area contributed by atoms with Gasteiger partial charge in [-0.05, 0) is 62.2 Å². The Morgan fingerprint density at radius 1 is 0.926 bits per heavy atom. The minimum atomic E-state index is -0.308. The highest BCUT2D eigenvalue weighted by atomic mass is 16.5. The van der Waals surface area contributed by atoms with Crippen molar-refractivity contribution in [3.05, 3.63) is 71.0 Å². The molecular formula is C21H22N4O2. The maximum absolute atomic E-state index is 12.6. The molecule has 1 aromatic heterocycles. The van der Waals surface area contributed by atoms with Crippen LogP contribution in [0.25, 0.3) is 0 Å². The van der Waals surface area contributed by atoms with E-state index in [0.717, 1.165) is 5.69 Å². The number of aromatic nitrogens is 2. The number of hydrogen-bond acceptors (Lipinski definition) is 5. The first-order valence-corrected chi connectivity index (χ1v) is 8.60. The van der Waals surface area contributed by atoms with Crippen LogP contribution in [0.2, 0.25) is 0 Å². The molecule has 3 rings (SSSR count). The van der Waals surface area contributed by atoms with Crippen molar-refractivity contribution in [1.29, 1.82) is 0 Å². The summed E-state index contributed by atoms with van der Waals surface area (Å²) in [6.07, 6.45) is 0. The molecule has 0 unspecified atom stereocenters. The van der Waals surface area contributed by atoms with Crippen LogP contribution in [-0.4, -0.2) is 23.0 Å². The van der Waals surface area contributed by atoms with Crippen LogP contribution < -0.4 is 15.4 Å². The topological polar surface area (TPSA) is 76.1 Å². The van der Waals surface area contributed by atoms with Crippen LogP contribution in [-0.2, 0) is 0 Å². The van der Waals surface area contributed by atoms with E-state index >= 15 is 0 Å². The van der Waals surface area contributed by atoms with E-state index in [9.17, 15) is 4.79 Å². The predicted octanol–water partition coefficient (Wildman–Crippen LogP) is 4.41. The quantitative estimate of drug-likeness (QED) is 0.703. The summed E-state index contributed by atoms with van der Waals surface area (Å²) in [6.45, 7) is 5.93. The SMILES string of the molecule is COc1cccc(NC(=O)c2cc(C)nc(Nc3ccc(C)c(C)c3)n2)c1. The molecule has 0 atom stereocenters. The number of anilines is 3. The van der Waals surface area contributed by atoms with Gasteiger partial charge in [0.15, 0.2) is 0 Å². The maximum Gasteiger partial charge on any atom is 0.274 e. The minimum Gasteiger partial charge on any atom is -0.497 e. The second-order valence-corrected chi connectivity index (χ2v) is 6.33. The first kappa shape index (κ1) is 18.4. The van der Waals surface area contributed by atoms with E-state index in [1.165, 1.54) is 11.1 Å². The van der Waals surface area contributed by atoms with Gasteiger partial charge in [0.2, 0.25) is 5.95 Å². The van der Waals surface area contributed by atoms with Crippen LogP contribution in [0.5, 0.6) is 5.75 Å². The summed E-state index contributed by atoms with van der Waals surface area (Å²) in [6, 6.07) is 14.8. The summed E-state index contributed by atoms with van der Waals surface area (Å²) >= 11 is 0. The van der Waals surface area contributed by atoms with Gasteiger partial charge in [0, 0.05) is 23.1 Å². The second kappa shape index (κ2) is 7.86. The third-order valence-corrected chi connectivity index (χ3v) is 4.18. The van der Waals surface area contributed by atoms with Crippen molar-refractivity contribution < 1.29 is 9.53 Å². The Morgan fingerprint density at radius 3 is 2.48 bits per heavy atom. The highest BCUT2D eigenvalue weighted by molar-refractivity contribution is 6.03. The lowest BCUT2D eigenvalue weighted by molar-refractivity contribution is 0.102. The second-order valence-electron chi connectivity index (χ2n) is 6.33. The van der Waals surface area contributed by atoms with Crippen molar-refractivity contribution in [1.82, 2.24) is 9.97 Å². The molecule has 0 aliphatic heterocycles. The lowest BCUT2D eigenvalue weighted by Gasteiger charge is -2.10. The molecule has 138 valence electrons. The molecular weight excluding hydrogens is 340 g/mol. The Hall–Kier alpha value is -3.41. The highest BCUT2D eigenvalue weighted by Gasteiger charge is 2.12. The molecule has 0 bridgehead atoms. The zero-order valence-electron chi connectivity index (χ0n) is 15.8. The monoisotopic (exact) mass is 362 g/mol. The average molecular weight is 362 g/mol. The fourth-order valence-electron chi connectivity index (χ4n) is 2.59. The highest BCUT2D eigenvalue weighted by Crippen LogP contribution is 2.20.